The molecule has 1 aliphatic heterocycles. The Bertz CT molecular complexity index is 313. The van der Waals surface area contributed by atoms with E-state index >= 15 is 0 Å². The average Bonchev–Trinajstić information content (AvgIpc) is 3.06. The third-order valence-corrected chi connectivity index (χ3v) is 6.07. The SMILES string of the molecule is CCCCCCCCN1C=CN(CCCCCCCC)C1CCCCCC. The first kappa shape index (κ1) is 24.4. The van der Waals surface area contributed by atoms with Crippen molar-refractivity contribution in [1.29, 1.82) is 0 Å². The number of hydrogen-bond acceptors (Lipinski definition) is 2. The minimum absolute atomic E-state index is 0.646. The Kier molecular flexibility index (Phi) is 15.7. The van der Waals surface area contributed by atoms with Gasteiger partial charge in [-0.25, -0.2) is 0 Å². The molecule has 1 aliphatic rings. The molecule has 160 valence electrons. The third-order valence-electron chi connectivity index (χ3n) is 6.07. The van der Waals surface area contributed by atoms with Crippen molar-refractivity contribution in [3.8, 4) is 0 Å². The lowest BCUT2D eigenvalue weighted by molar-refractivity contribution is 0.135. The molecule has 0 saturated heterocycles. The van der Waals surface area contributed by atoms with Crippen LogP contribution in [0.2, 0.25) is 0 Å². The third kappa shape index (κ3) is 11.7. The standard InChI is InChI=1S/C25H50N2/c1-4-7-10-13-15-18-21-26-23-24-27(22-19-16-14-11-8-5-2)25(26)20-17-12-9-6-3/h23-25H,4-22H2,1-3H3. The van der Waals surface area contributed by atoms with Gasteiger partial charge in [-0.05, 0) is 25.7 Å². The summed E-state index contributed by atoms with van der Waals surface area (Å²) in [6.07, 6.45) is 29.1. The molecule has 0 aromatic carbocycles. The predicted octanol–water partition coefficient (Wildman–Crippen LogP) is 8.09. The van der Waals surface area contributed by atoms with Gasteiger partial charge in [-0.3, -0.25) is 0 Å². The van der Waals surface area contributed by atoms with Crippen LogP contribution in [0, 0.1) is 0 Å². The zero-order chi connectivity index (χ0) is 19.6. The highest BCUT2D eigenvalue weighted by Gasteiger charge is 2.24. The minimum atomic E-state index is 0.646. The van der Waals surface area contributed by atoms with Gasteiger partial charge < -0.3 is 9.80 Å². The van der Waals surface area contributed by atoms with Crippen LogP contribution < -0.4 is 0 Å². The van der Waals surface area contributed by atoms with Gasteiger partial charge in [0.05, 0.1) is 0 Å². The summed E-state index contributed by atoms with van der Waals surface area (Å²) in [5.74, 6) is 0. The van der Waals surface area contributed by atoms with E-state index in [-0.39, 0.29) is 0 Å². The molecular formula is C25H50N2. The summed E-state index contributed by atoms with van der Waals surface area (Å²) in [5.41, 5.74) is 0. The second kappa shape index (κ2) is 17.4. The first-order valence-electron chi connectivity index (χ1n) is 12.5. The number of hydrogen-bond donors (Lipinski definition) is 0. The van der Waals surface area contributed by atoms with Gasteiger partial charge in [0.2, 0.25) is 0 Å². The van der Waals surface area contributed by atoms with Crippen LogP contribution in [-0.2, 0) is 0 Å². The fourth-order valence-corrected chi connectivity index (χ4v) is 4.24. The van der Waals surface area contributed by atoms with E-state index in [1.165, 1.54) is 122 Å². The highest BCUT2D eigenvalue weighted by atomic mass is 15.4. The molecule has 0 aromatic heterocycles. The van der Waals surface area contributed by atoms with Gasteiger partial charge >= 0.3 is 0 Å². The summed E-state index contributed by atoms with van der Waals surface area (Å²) in [5, 5.41) is 0. The molecule has 0 N–H and O–H groups in total. The smallest absolute Gasteiger partial charge is 0.101 e. The molecule has 2 heteroatoms. The molecule has 0 fully saturated rings. The maximum atomic E-state index is 2.66. The van der Waals surface area contributed by atoms with Crippen LogP contribution in [-0.4, -0.2) is 29.1 Å². The zero-order valence-electron chi connectivity index (χ0n) is 19.1. The summed E-state index contributed by atoms with van der Waals surface area (Å²) >= 11 is 0. The molecule has 0 spiro atoms. The number of unbranched alkanes of at least 4 members (excludes halogenated alkanes) is 13. The molecule has 0 amide bonds. The van der Waals surface area contributed by atoms with Crippen molar-refractivity contribution in [1.82, 2.24) is 9.80 Å². The first-order valence-corrected chi connectivity index (χ1v) is 12.5. The summed E-state index contributed by atoms with van der Waals surface area (Å²) in [4.78, 5) is 5.31. The van der Waals surface area contributed by atoms with Crippen LogP contribution in [0.25, 0.3) is 0 Å². The average molecular weight is 379 g/mol. The van der Waals surface area contributed by atoms with Gasteiger partial charge in [-0.1, -0.05) is 104 Å². The van der Waals surface area contributed by atoms with E-state index in [4.69, 9.17) is 0 Å². The topological polar surface area (TPSA) is 6.48 Å². The van der Waals surface area contributed by atoms with Crippen molar-refractivity contribution in [3.05, 3.63) is 12.4 Å². The lowest BCUT2D eigenvalue weighted by atomic mass is 10.1. The molecule has 0 radical (unpaired) electrons. The Morgan fingerprint density at radius 2 is 0.852 bits per heavy atom. The van der Waals surface area contributed by atoms with Gasteiger partial charge in [0, 0.05) is 25.5 Å². The highest BCUT2D eigenvalue weighted by Crippen LogP contribution is 2.23. The van der Waals surface area contributed by atoms with Crippen LogP contribution in [0.15, 0.2) is 12.4 Å². The molecular weight excluding hydrogens is 328 g/mol. The zero-order valence-corrected chi connectivity index (χ0v) is 19.1. The van der Waals surface area contributed by atoms with Gasteiger partial charge in [0.15, 0.2) is 0 Å². The van der Waals surface area contributed by atoms with Crippen LogP contribution in [0.1, 0.15) is 130 Å². The van der Waals surface area contributed by atoms with Gasteiger partial charge in [-0.15, -0.1) is 0 Å². The van der Waals surface area contributed by atoms with E-state index in [2.05, 4.69) is 43.0 Å². The summed E-state index contributed by atoms with van der Waals surface area (Å²) in [7, 11) is 0. The molecule has 1 rings (SSSR count). The van der Waals surface area contributed by atoms with Crippen LogP contribution >= 0.6 is 0 Å². The molecule has 2 nitrogen and oxygen atoms in total. The van der Waals surface area contributed by atoms with E-state index in [0.29, 0.717) is 6.17 Å². The Hall–Kier alpha value is -0.660. The van der Waals surface area contributed by atoms with E-state index in [0.717, 1.165) is 0 Å². The Morgan fingerprint density at radius 1 is 0.481 bits per heavy atom. The molecule has 0 atom stereocenters. The molecule has 0 unspecified atom stereocenters. The lowest BCUT2D eigenvalue weighted by Crippen LogP contribution is -2.39. The van der Waals surface area contributed by atoms with Crippen LogP contribution in [0.4, 0.5) is 0 Å². The Balaban J connectivity index is 2.30. The van der Waals surface area contributed by atoms with Crippen LogP contribution in [0.3, 0.4) is 0 Å². The van der Waals surface area contributed by atoms with E-state index in [1.54, 1.807) is 0 Å². The van der Waals surface area contributed by atoms with Gasteiger partial charge in [0.1, 0.15) is 6.17 Å². The number of nitrogens with zero attached hydrogens (tertiary/aromatic N) is 2. The summed E-state index contributed by atoms with van der Waals surface area (Å²) < 4.78 is 0. The summed E-state index contributed by atoms with van der Waals surface area (Å²) in [6.45, 7) is 9.43. The normalized spacial score (nSPS) is 14.6. The van der Waals surface area contributed by atoms with Crippen molar-refractivity contribution < 1.29 is 0 Å². The van der Waals surface area contributed by atoms with E-state index < -0.39 is 0 Å². The monoisotopic (exact) mass is 378 g/mol. The first-order chi connectivity index (χ1) is 13.3. The molecule has 0 aliphatic carbocycles. The fourth-order valence-electron chi connectivity index (χ4n) is 4.24. The second-order valence-corrected chi connectivity index (χ2v) is 8.64. The van der Waals surface area contributed by atoms with Gasteiger partial charge in [0.25, 0.3) is 0 Å². The highest BCUT2D eigenvalue weighted by molar-refractivity contribution is 4.96. The van der Waals surface area contributed by atoms with Crippen molar-refractivity contribution in [2.75, 3.05) is 13.1 Å². The van der Waals surface area contributed by atoms with E-state index in [1.807, 2.05) is 0 Å². The number of rotatable bonds is 19. The van der Waals surface area contributed by atoms with Crippen molar-refractivity contribution in [2.24, 2.45) is 0 Å². The predicted molar refractivity (Wildman–Crippen MR) is 122 cm³/mol. The second-order valence-electron chi connectivity index (χ2n) is 8.64. The van der Waals surface area contributed by atoms with Gasteiger partial charge in [-0.2, -0.15) is 0 Å². The van der Waals surface area contributed by atoms with Crippen molar-refractivity contribution >= 4 is 0 Å². The largest absolute Gasteiger partial charge is 0.356 e. The molecule has 1 heterocycles. The van der Waals surface area contributed by atoms with E-state index in [9.17, 15) is 0 Å². The van der Waals surface area contributed by atoms with Crippen molar-refractivity contribution in [3.63, 3.8) is 0 Å². The molecule has 0 aromatic rings. The maximum Gasteiger partial charge on any atom is 0.101 e. The lowest BCUT2D eigenvalue weighted by Gasteiger charge is -2.33. The van der Waals surface area contributed by atoms with Crippen molar-refractivity contribution in [2.45, 2.75) is 136 Å². The Labute approximate surface area is 171 Å². The molecule has 27 heavy (non-hydrogen) atoms. The Morgan fingerprint density at radius 3 is 1.30 bits per heavy atom. The summed E-state index contributed by atoms with van der Waals surface area (Å²) in [6, 6.07) is 0. The molecule has 0 saturated carbocycles. The molecule has 0 bridgehead atoms. The van der Waals surface area contributed by atoms with Crippen LogP contribution in [0.5, 0.6) is 0 Å². The fraction of sp³-hybridized carbons (Fsp3) is 0.920. The minimum Gasteiger partial charge on any atom is -0.356 e. The maximum absolute atomic E-state index is 2.66. The quantitative estimate of drug-likeness (QED) is 0.209.